The van der Waals surface area contributed by atoms with Crippen LogP contribution >= 0.6 is 0 Å². The van der Waals surface area contributed by atoms with Crippen molar-refractivity contribution in [3.05, 3.63) is 0 Å². The lowest BCUT2D eigenvalue weighted by molar-refractivity contribution is -0.316. The van der Waals surface area contributed by atoms with E-state index in [9.17, 15) is 28.8 Å². The van der Waals surface area contributed by atoms with Crippen molar-refractivity contribution in [2.24, 2.45) is 0 Å². The van der Waals surface area contributed by atoms with Gasteiger partial charge in [-0.3, -0.25) is 28.8 Å². The number of carbonyl (C=O) groups excluding carboxylic acids is 6. The van der Waals surface area contributed by atoms with Crippen molar-refractivity contribution in [3.63, 3.8) is 0 Å². The molecule has 0 rings (SSSR count). The minimum atomic E-state index is -1.80. The lowest BCUT2D eigenvalue weighted by Crippen LogP contribution is -2.47. The molecule has 0 N–H and O–H groups in total. The first-order valence-corrected chi connectivity index (χ1v) is 9.87. The average molecular weight is 496 g/mol. The second-order valence-corrected chi connectivity index (χ2v) is 6.30. The van der Waals surface area contributed by atoms with Crippen molar-refractivity contribution in [1.29, 1.82) is 0 Å². The van der Waals surface area contributed by atoms with Crippen LogP contribution in [0.1, 0.15) is 48.0 Å². The van der Waals surface area contributed by atoms with Crippen molar-refractivity contribution in [1.82, 2.24) is 0 Å². The molecule has 0 aromatic rings. The summed E-state index contributed by atoms with van der Waals surface area (Å²) in [6.45, 7) is 5.81. The number of carbonyl (C=O) groups is 6. The molecule has 0 bridgehead atoms. The monoisotopic (exact) mass is 496 g/mol. The number of hydrogen-bond acceptors (Lipinski definition) is 14. The highest BCUT2D eigenvalue weighted by Gasteiger charge is 2.37. The van der Waals surface area contributed by atoms with Crippen LogP contribution in [0, 0.1) is 0 Å². The summed E-state index contributed by atoms with van der Waals surface area (Å²) in [5, 5.41) is 0. The third-order valence-corrected chi connectivity index (χ3v) is 3.06. The summed E-state index contributed by atoms with van der Waals surface area (Å²) in [5.74, 6) is -4.98. The lowest BCUT2D eigenvalue weighted by Gasteiger charge is -2.31. The Morgan fingerprint density at radius 1 is 0.471 bits per heavy atom. The summed E-state index contributed by atoms with van der Waals surface area (Å²) in [4.78, 5) is 63.9. The van der Waals surface area contributed by atoms with E-state index < -0.39 is 56.5 Å². The topological polar surface area (TPSA) is 176 Å². The second kappa shape index (κ2) is 19.2. The molecule has 0 radical (unpaired) electrons. The first kappa shape index (κ1) is 32.9. The predicted octanol–water partition coefficient (Wildman–Crippen LogP) is 0.386. The van der Waals surface area contributed by atoms with Crippen LogP contribution in [-0.2, 0) is 66.7 Å². The molecular formula is C20H32O14. The van der Waals surface area contributed by atoms with Crippen molar-refractivity contribution in [2.75, 3.05) is 40.0 Å². The molecule has 14 nitrogen and oxygen atoms in total. The van der Waals surface area contributed by atoms with Gasteiger partial charge in [-0.2, -0.15) is 0 Å². The Hall–Kier alpha value is -3.26. The van der Waals surface area contributed by atoms with Gasteiger partial charge in [-0.05, 0) is 0 Å². The minimum absolute atomic E-state index is 0.308. The maximum Gasteiger partial charge on any atom is 0.304 e. The molecule has 0 aromatic heterocycles. The molecular weight excluding hydrogens is 464 g/mol. The lowest BCUT2D eigenvalue weighted by atomic mass is 10.3. The van der Waals surface area contributed by atoms with Crippen LogP contribution < -0.4 is 0 Å². The average Bonchev–Trinajstić information content (AvgIpc) is 2.69. The van der Waals surface area contributed by atoms with Crippen LogP contribution in [-0.4, -0.2) is 81.6 Å². The fourth-order valence-corrected chi connectivity index (χ4v) is 1.60. The van der Waals surface area contributed by atoms with Gasteiger partial charge in [-0.15, -0.1) is 0 Å². The van der Waals surface area contributed by atoms with Gasteiger partial charge in [0, 0.05) is 48.0 Å². The molecule has 196 valence electrons. The molecule has 0 amide bonds. The van der Waals surface area contributed by atoms with E-state index in [1.54, 1.807) is 0 Å². The van der Waals surface area contributed by atoms with E-state index in [-0.39, 0.29) is 11.9 Å². The summed E-state index contributed by atoms with van der Waals surface area (Å²) < 4.78 is 38.4. The standard InChI is InChI=1S/C13H20O10.C7H12O4/c1-9(14)18-5-13(6-19-10(2)15,22-7-20-11(3)16)23-8-21-12(4)17;1-6(8)10-4-3-5-11-7(2)9/h5-8H2,1-4H3;3-5H2,1-2H3. The van der Waals surface area contributed by atoms with Crippen LogP contribution in [0.3, 0.4) is 0 Å². The molecule has 0 aliphatic carbocycles. The molecule has 0 saturated heterocycles. The molecule has 0 saturated carbocycles. The zero-order valence-electron chi connectivity index (χ0n) is 20.2. The van der Waals surface area contributed by atoms with E-state index in [1.165, 1.54) is 13.8 Å². The molecule has 0 aliphatic heterocycles. The Morgan fingerprint density at radius 2 is 0.765 bits per heavy atom. The fraction of sp³-hybridized carbons (Fsp3) is 0.700. The van der Waals surface area contributed by atoms with Crippen LogP contribution in [0.2, 0.25) is 0 Å². The van der Waals surface area contributed by atoms with E-state index in [4.69, 9.17) is 18.9 Å². The first-order chi connectivity index (χ1) is 15.8. The number of esters is 6. The second-order valence-electron chi connectivity index (χ2n) is 6.30. The Kier molecular flexibility index (Phi) is 18.6. The Bertz CT molecular complexity index is 616. The minimum Gasteiger partial charge on any atom is -0.466 e. The van der Waals surface area contributed by atoms with Gasteiger partial charge >= 0.3 is 35.8 Å². The van der Waals surface area contributed by atoms with E-state index in [0.717, 1.165) is 27.7 Å². The number of rotatable bonds is 14. The van der Waals surface area contributed by atoms with Crippen molar-refractivity contribution in [2.45, 2.75) is 53.8 Å². The molecule has 0 aliphatic rings. The van der Waals surface area contributed by atoms with Gasteiger partial charge in [0.2, 0.25) is 5.79 Å². The van der Waals surface area contributed by atoms with E-state index in [1.807, 2.05) is 0 Å². The molecule has 0 aromatic carbocycles. The SMILES string of the molecule is CC(=O)OCCCOC(C)=O.CC(=O)OCOC(COC(C)=O)(COC(C)=O)OCOC(C)=O. The zero-order chi connectivity index (χ0) is 26.6. The van der Waals surface area contributed by atoms with Crippen LogP contribution in [0.4, 0.5) is 0 Å². The third-order valence-electron chi connectivity index (χ3n) is 3.06. The summed E-state index contributed by atoms with van der Waals surface area (Å²) >= 11 is 0. The van der Waals surface area contributed by atoms with E-state index in [0.29, 0.717) is 19.6 Å². The molecule has 0 fully saturated rings. The largest absolute Gasteiger partial charge is 0.466 e. The maximum atomic E-state index is 11.0. The zero-order valence-corrected chi connectivity index (χ0v) is 20.2. The quantitative estimate of drug-likeness (QED) is 0.140. The van der Waals surface area contributed by atoms with Gasteiger partial charge in [-0.25, -0.2) is 0 Å². The summed E-state index contributed by atoms with van der Waals surface area (Å²) in [5.41, 5.74) is 0. The molecule has 34 heavy (non-hydrogen) atoms. The molecule has 14 heteroatoms. The van der Waals surface area contributed by atoms with Crippen molar-refractivity contribution < 1.29 is 66.7 Å². The van der Waals surface area contributed by atoms with Crippen LogP contribution in [0.5, 0.6) is 0 Å². The molecule has 0 heterocycles. The van der Waals surface area contributed by atoms with Gasteiger partial charge < -0.3 is 37.9 Å². The molecule has 0 unspecified atom stereocenters. The Balaban J connectivity index is 0. The van der Waals surface area contributed by atoms with Gasteiger partial charge in [0.1, 0.15) is 13.2 Å². The predicted molar refractivity (Wildman–Crippen MR) is 109 cm³/mol. The summed E-state index contributed by atoms with van der Waals surface area (Å²) in [6.07, 6.45) is 0.555. The highest BCUT2D eigenvalue weighted by atomic mass is 16.8. The molecule has 0 spiro atoms. The van der Waals surface area contributed by atoms with E-state index >= 15 is 0 Å². The highest BCUT2D eigenvalue weighted by molar-refractivity contribution is 5.67. The Morgan fingerprint density at radius 3 is 1.03 bits per heavy atom. The van der Waals surface area contributed by atoms with Crippen LogP contribution in [0.15, 0.2) is 0 Å². The summed E-state index contributed by atoms with van der Waals surface area (Å²) in [6, 6.07) is 0. The van der Waals surface area contributed by atoms with Crippen molar-refractivity contribution in [3.8, 4) is 0 Å². The van der Waals surface area contributed by atoms with Gasteiger partial charge in [0.25, 0.3) is 0 Å². The maximum absolute atomic E-state index is 11.0. The van der Waals surface area contributed by atoms with E-state index in [2.05, 4.69) is 18.9 Å². The first-order valence-electron chi connectivity index (χ1n) is 9.87. The fourth-order valence-electron chi connectivity index (χ4n) is 1.60. The van der Waals surface area contributed by atoms with Crippen molar-refractivity contribution >= 4 is 35.8 Å². The van der Waals surface area contributed by atoms with Gasteiger partial charge in [0.05, 0.1) is 13.2 Å². The smallest absolute Gasteiger partial charge is 0.304 e. The van der Waals surface area contributed by atoms with Gasteiger partial charge in [0.15, 0.2) is 13.6 Å². The summed E-state index contributed by atoms with van der Waals surface area (Å²) in [7, 11) is 0. The Labute approximate surface area is 197 Å². The molecule has 0 atom stereocenters. The van der Waals surface area contributed by atoms with Gasteiger partial charge in [-0.1, -0.05) is 0 Å². The number of ether oxygens (including phenoxy) is 8. The third kappa shape index (κ3) is 23.4. The normalized spacial score (nSPS) is 10.1. The highest BCUT2D eigenvalue weighted by Crippen LogP contribution is 2.16. The van der Waals surface area contributed by atoms with Crippen LogP contribution in [0.25, 0.3) is 0 Å². The number of hydrogen-bond donors (Lipinski definition) is 0.